The first-order valence-electron chi connectivity index (χ1n) is 8.37. The third kappa shape index (κ3) is 1.84. The van der Waals surface area contributed by atoms with E-state index in [1.54, 1.807) is 6.20 Å². The van der Waals surface area contributed by atoms with Crippen molar-refractivity contribution >= 4 is 11.8 Å². The van der Waals surface area contributed by atoms with Crippen molar-refractivity contribution in [2.75, 3.05) is 13.2 Å². The lowest BCUT2D eigenvalue weighted by atomic mass is 10.0. The van der Waals surface area contributed by atoms with E-state index in [1.165, 1.54) is 0 Å². The SMILES string of the molecule is Cc1[nH]ccc1C(=O)N1CC[C@@]23OC[C@@H](C(C)C)N2C(=O)C[C@@H]13. The number of likely N-dealkylation sites (tertiary alicyclic amines) is 1. The number of carbonyl (C=O) groups is 2. The second kappa shape index (κ2) is 4.84. The number of carbonyl (C=O) groups excluding carboxylic acids is 2. The van der Waals surface area contributed by atoms with Gasteiger partial charge in [0.1, 0.15) is 0 Å². The van der Waals surface area contributed by atoms with Crippen molar-refractivity contribution in [2.45, 2.75) is 51.4 Å². The van der Waals surface area contributed by atoms with Gasteiger partial charge in [-0.2, -0.15) is 0 Å². The van der Waals surface area contributed by atoms with Crippen molar-refractivity contribution < 1.29 is 14.3 Å². The van der Waals surface area contributed by atoms with Gasteiger partial charge in [-0.25, -0.2) is 0 Å². The summed E-state index contributed by atoms with van der Waals surface area (Å²) < 4.78 is 6.16. The lowest BCUT2D eigenvalue weighted by molar-refractivity contribution is -0.139. The molecule has 3 fully saturated rings. The summed E-state index contributed by atoms with van der Waals surface area (Å²) in [5.41, 5.74) is 0.960. The van der Waals surface area contributed by atoms with Crippen molar-refractivity contribution in [3.63, 3.8) is 0 Å². The molecule has 3 aliphatic rings. The number of hydrogen-bond acceptors (Lipinski definition) is 3. The molecule has 23 heavy (non-hydrogen) atoms. The average Bonchev–Trinajstić information content (AvgIpc) is 3.21. The quantitative estimate of drug-likeness (QED) is 0.899. The molecule has 0 aliphatic carbocycles. The predicted molar refractivity (Wildman–Crippen MR) is 83.7 cm³/mol. The molecule has 4 rings (SSSR count). The number of hydrogen-bond donors (Lipinski definition) is 1. The molecule has 1 aromatic rings. The number of nitrogens with zero attached hydrogens (tertiary/aromatic N) is 2. The van der Waals surface area contributed by atoms with E-state index in [1.807, 2.05) is 22.8 Å². The minimum absolute atomic E-state index is 0.00290. The highest BCUT2D eigenvalue weighted by Crippen LogP contribution is 2.49. The average molecular weight is 317 g/mol. The normalized spacial score (nSPS) is 32.8. The van der Waals surface area contributed by atoms with E-state index in [9.17, 15) is 9.59 Å². The fourth-order valence-electron chi connectivity index (χ4n) is 4.45. The van der Waals surface area contributed by atoms with Gasteiger partial charge in [0.2, 0.25) is 5.91 Å². The second-order valence-electron chi connectivity index (χ2n) is 7.22. The Bertz CT molecular complexity index is 668. The van der Waals surface area contributed by atoms with Crippen LogP contribution in [0.4, 0.5) is 0 Å². The summed E-state index contributed by atoms with van der Waals surface area (Å²) in [4.78, 5) is 32.3. The van der Waals surface area contributed by atoms with Crippen LogP contribution in [0.2, 0.25) is 0 Å². The maximum Gasteiger partial charge on any atom is 0.256 e. The van der Waals surface area contributed by atoms with Crippen LogP contribution in [0.3, 0.4) is 0 Å². The lowest BCUT2D eigenvalue weighted by Gasteiger charge is -2.34. The van der Waals surface area contributed by atoms with Gasteiger partial charge in [0.25, 0.3) is 5.91 Å². The lowest BCUT2D eigenvalue weighted by Crippen LogP contribution is -2.51. The van der Waals surface area contributed by atoms with Crippen molar-refractivity contribution in [3.05, 3.63) is 23.5 Å². The topological polar surface area (TPSA) is 65.6 Å². The first kappa shape index (κ1) is 14.8. The molecule has 3 atom stereocenters. The molecule has 0 aromatic carbocycles. The second-order valence-corrected chi connectivity index (χ2v) is 7.22. The van der Waals surface area contributed by atoms with Crippen LogP contribution >= 0.6 is 0 Å². The molecule has 0 saturated carbocycles. The van der Waals surface area contributed by atoms with Crippen molar-refractivity contribution in [1.29, 1.82) is 0 Å². The van der Waals surface area contributed by atoms with E-state index in [0.29, 0.717) is 37.5 Å². The summed E-state index contributed by atoms with van der Waals surface area (Å²) in [5.74, 6) is 0.472. The standard InChI is InChI=1S/C17H23N3O3/c1-10(2)13-9-23-17-5-7-19(14(17)8-15(21)20(13)17)16(22)12-4-6-18-11(12)3/h4,6,10,13-14,18H,5,7-9H2,1-3H3/t13-,14+,17-/m0/s1. The minimum Gasteiger partial charge on any atom is -0.365 e. The Morgan fingerprint density at radius 3 is 2.91 bits per heavy atom. The van der Waals surface area contributed by atoms with Crippen LogP contribution in [0.25, 0.3) is 0 Å². The molecule has 0 unspecified atom stereocenters. The summed E-state index contributed by atoms with van der Waals surface area (Å²) in [7, 11) is 0. The number of aromatic nitrogens is 1. The molecular weight excluding hydrogens is 294 g/mol. The molecule has 0 radical (unpaired) electrons. The third-order valence-corrected chi connectivity index (χ3v) is 5.70. The number of amides is 2. The van der Waals surface area contributed by atoms with Crippen molar-refractivity contribution in [1.82, 2.24) is 14.8 Å². The molecule has 6 nitrogen and oxygen atoms in total. The van der Waals surface area contributed by atoms with Crippen molar-refractivity contribution in [3.8, 4) is 0 Å². The van der Waals surface area contributed by atoms with Gasteiger partial charge in [0.05, 0.1) is 30.7 Å². The molecule has 1 aromatic heterocycles. The number of ether oxygens (including phenoxy) is 1. The van der Waals surface area contributed by atoms with Gasteiger partial charge in [-0.3, -0.25) is 9.59 Å². The highest BCUT2D eigenvalue weighted by Gasteiger charge is 2.65. The van der Waals surface area contributed by atoms with Gasteiger partial charge in [0, 0.05) is 24.9 Å². The highest BCUT2D eigenvalue weighted by molar-refractivity contribution is 5.97. The number of aromatic amines is 1. The van der Waals surface area contributed by atoms with Crippen molar-refractivity contribution in [2.24, 2.45) is 5.92 Å². The Morgan fingerprint density at radius 2 is 2.26 bits per heavy atom. The van der Waals surface area contributed by atoms with Gasteiger partial charge >= 0.3 is 0 Å². The fourth-order valence-corrected chi connectivity index (χ4v) is 4.45. The zero-order valence-corrected chi connectivity index (χ0v) is 13.8. The first-order chi connectivity index (χ1) is 11.0. The number of nitrogens with one attached hydrogen (secondary N) is 1. The zero-order valence-electron chi connectivity index (χ0n) is 13.8. The maximum absolute atomic E-state index is 12.9. The summed E-state index contributed by atoms with van der Waals surface area (Å²) >= 11 is 0. The smallest absolute Gasteiger partial charge is 0.256 e. The Labute approximate surface area is 135 Å². The summed E-state index contributed by atoms with van der Waals surface area (Å²) in [5, 5.41) is 0. The van der Waals surface area contributed by atoms with Crippen LogP contribution in [0.15, 0.2) is 12.3 Å². The van der Waals surface area contributed by atoms with E-state index in [0.717, 1.165) is 5.69 Å². The fraction of sp³-hybridized carbons (Fsp3) is 0.647. The Kier molecular flexibility index (Phi) is 3.10. The third-order valence-electron chi connectivity index (χ3n) is 5.70. The van der Waals surface area contributed by atoms with Crippen LogP contribution in [0, 0.1) is 12.8 Å². The van der Waals surface area contributed by atoms with E-state index in [2.05, 4.69) is 18.8 Å². The largest absolute Gasteiger partial charge is 0.365 e. The highest BCUT2D eigenvalue weighted by atomic mass is 16.5. The van der Waals surface area contributed by atoms with Crippen LogP contribution in [0.5, 0.6) is 0 Å². The number of H-pyrrole nitrogens is 1. The maximum atomic E-state index is 12.9. The van der Waals surface area contributed by atoms with E-state index >= 15 is 0 Å². The van der Waals surface area contributed by atoms with Gasteiger partial charge in [0.15, 0.2) is 5.72 Å². The molecule has 6 heteroatoms. The van der Waals surface area contributed by atoms with E-state index < -0.39 is 5.72 Å². The molecular formula is C17H23N3O3. The summed E-state index contributed by atoms with van der Waals surface area (Å²) in [6.07, 6.45) is 2.86. The Balaban J connectivity index is 1.66. The molecule has 124 valence electrons. The van der Waals surface area contributed by atoms with Gasteiger partial charge in [-0.1, -0.05) is 13.8 Å². The molecule has 0 bridgehead atoms. The molecule has 1 spiro atoms. The Hall–Kier alpha value is -1.82. The molecule has 4 heterocycles. The van der Waals surface area contributed by atoms with Gasteiger partial charge < -0.3 is 19.5 Å². The van der Waals surface area contributed by atoms with Crippen LogP contribution in [-0.4, -0.2) is 57.6 Å². The van der Waals surface area contributed by atoms with Gasteiger partial charge in [-0.05, 0) is 18.9 Å². The van der Waals surface area contributed by atoms with Crippen LogP contribution in [-0.2, 0) is 9.53 Å². The molecule has 3 aliphatic heterocycles. The summed E-state index contributed by atoms with van der Waals surface area (Å²) in [6, 6.07) is 1.76. The van der Waals surface area contributed by atoms with Gasteiger partial charge in [-0.15, -0.1) is 0 Å². The monoisotopic (exact) mass is 317 g/mol. The van der Waals surface area contributed by atoms with E-state index in [4.69, 9.17) is 4.74 Å². The predicted octanol–water partition coefficient (Wildman–Crippen LogP) is 1.52. The summed E-state index contributed by atoms with van der Waals surface area (Å²) in [6.45, 7) is 7.35. The minimum atomic E-state index is -0.591. The zero-order chi connectivity index (χ0) is 16.4. The van der Waals surface area contributed by atoms with Crippen LogP contribution in [0.1, 0.15) is 42.7 Å². The number of aryl methyl sites for hydroxylation is 1. The van der Waals surface area contributed by atoms with Crippen LogP contribution < -0.4 is 0 Å². The molecule has 3 saturated heterocycles. The molecule has 2 amide bonds. The molecule has 1 N–H and O–H groups in total. The number of rotatable bonds is 2. The Morgan fingerprint density at radius 1 is 1.48 bits per heavy atom. The first-order valence-corrected chi connectivity index (χ1v) is 8.37. The van der Waals surface area contributed by atoms with E-state index in [-0.39, 0.29) is 23.9 Å².